The Morgan fingerprint density at radius 3 is 2.04 bits per heavy atom. The summed E-state index contributed by atoms with van der Waals surface area (Å²) >= 11 is 3.39. The summed E-state index contributed by atoms with van der Waals surface area (Å²) in [6, 6.07) is 27.8. The summed E-state index contributed by atoms with van der Waals surface area (Å²) in [6.45, 7) is 7.92. The maximum atomic E-state index is 14.6. The van der Waals surface area contributed by atoms with Gasteiger partial charge in [-0.2, -0.15) is 0 Å². The summed E-state index contributed by atoms with van der Waals surface area (Å²) in [5.41, 5.74) is 4.03. The molecular formula is C37H42BrN3O5S. The van der Waals surface area contributed by atoms with Gasteiger partial charge in [-0.3, -0.25) is 13.9 Å². The number of hydrogen-bond donors (Lipinski definition) is 1. The van der Waals surface area contributed by atoms with Crippen LogP contribution in [0.1, 0.15) is 36.1 Å². The zero-order valence-electron chi connectivity index (χ0n) is 27.4. The molecule has 0 aliphatic carbocycles. The van der Waals surface area contributed by atoms with Crippen molar-refractivity contribution in [3.05, 3.63) is 124 Å². The van der Waals surface area contributed by atoms with Crippen LogP contribution >= 0.6 is 15.9 Å². The van der Waals surface area contributed by atoms with E-state index in [1.54, 1.807) is 30.3 Å². The van der Waals surface area contributed by atoms with Crippen molar-refractivity contribution in [2.75, 3.05) is 24.5 Å². The van der Waals surface area contributed by atoms with Crippen molar-refractivity contribution in [3.63, 3.8) is 0 Å². The van der Waals surface area contributed by atoms with Crippen LogP contribution in [-0.4, -0.2) is 51.4 Å². The standard InChI is InChI=1S/C37H42BrN3O5S/c1-26(2)23-39-37(43)34(21-29-9-7-6-8-10-29)40(24-30-15-11-27(3)12-16-30)36(42)25-41(31-17-13-28(4)14-18-31)47(44,45)32-19-20-35(46-5)33(38)22-32/h6-20,22,26,34H,21,23-25H2,1-5H3,(H,39,43)/t34-/m0/s1. The molecule has 0 heterocycles. The molecule has 10 heteroatoms. The van der Waals surface area contributed by atoms with Crippen LogP contribution in [0.4, 0.5) is 5.69 Å². The third kappa shape index (κ3) is 9.45. The number of carbonyl (C=O) groups is 2. The highest BCUT2D eigenvalue weighted by molar-refractivity contribution is 9.10. The lowest BCUT2D eigenvalue weighted by atomic mass is 10.0. The molecule has 1 N–H and O–H groups in total. The predicted octanol–water partition coefficient (Wildman–Crippen LogP) is 6.68. The number of carbonyl (C=O) groups excluding carboxylic acids is 2. The molecular weight excluding hydrogens is 678 g/mol. The average molecular weight is 721 g/mol. The molecule has 0 bridgehead atoms. The van der Waals surface area contributed by atoms with Crippen LogP contribution in [0.2, 0.25) is 0 Å². The minimum Gasteiger partial charge on any atom is -0.496 e. The highest BCUT2D eigenvalue weighted by Gasteiger charge is 2.35. The van der Waals surface area contributed by atoms with E-state index in [0.29, 0.717) is 22.5 Å². The molecule has 4 aromatic carbocycles. The molecule has 0 aliphatic rings. The van der Waals surface area contributed by atoms with Crippen molar-refractivity contribution < 1.29 is 22.7 Å². The maximum Gasteiger partial charge on any atom is 0.264 e. The fraction of sp³-hybridized carbons (Fsp3) is 0.297. The summed E-state index contributed by atoms with van der Waals surface area (Å²) in [7, 11) is -2.75. The van der Waals surface area contributed by atoms with Gasteiger partial charge in [-0.25, -0.2) is 8.42 Å². The van der Waals surface area contributed by atoms with E-state index in [1.165, 1.54) is 24.1 Å². The lowest BCUT2D eigenvalue weighted by Gasteiger charge is -2.34. The number of methoxy groups -OCH3 is 1. The summed E-state index contributed by atoms with van der Waals surface area (Å²) in [6.07, 6.45) is 0.255. The molecule has 0 saturated carbocycles. The van der Waals surface area contributed by atoms with E-state index in [9.17, 15) is 18.0 Å². The van der Waals surface area contributed by atoms with Crippen molar-refractivity contribution >= 4 is 43.5 Å². The van der Waals surface area contributed by atoms with Crippen molar-refractivity contribution in [2.45, 2.75) is 51.6 Å². The Bertz CT molecular complexity index is 1760. The predicted molar refractivity (Wildman–Crippen MR) is 190 cm³/mol. The normalized spacial score (nSPS) is 12.0. The van der Waals surface area contributed by atoms with Crippen molar-refractivity contribution in [2.24, 2.45) is 5.92 Å². The van der Waals surface area contributed by atoms with E-state index >= 15 is 0 Å². The number of anilines is 1. The topological polar surface area (TPSA) is 96.0 Å². The van der Waals surface area contributed by atoms with Gasteiger partial charge in [0.2, 0.25) is 11.8 Å². The Kier molecular flexibility index (Phi) is 12.2. The molecule has 4 rings (SSSR count). The van der Waals surface area contributed by atoms with Crippen molar-refractivity contribution in [1.82, 2.24) is 10.2 Å². The molecule has 2 amide bonds. The third-order valence-corrected chi connectivity index (χ3v) is 10.1. The monoisotopic (exact) mass is 719 g/mol. The van der Waals surface area contributed by atoms with Crippen LogP contribution in [0.3, 0.4) is 0 Å². The highest BCUT2D eigenvalue weighted by atomic mass is 79.9. The number of rotatable bonds is 14. The fourth-order valence-electron chi connectivity index (χ4n) is 5.04. The quantitative estimate of drug-likeness (QED) is 0.157. The zero-order valence-corrected chi connectivity index (χ0v) is 29.8. The van der Waals surface area contributed by atoms with Crippen LogP contribution in [0, 0.1) is 19.8 Å². The van der Waals surface area contributed by atoms with Gasteiger partial charge in [-0.15, -0.1) is 0 Å². The summed E-state index contributed by atoms with van der Waals surface area (Å²) in [5.74, 6) is -0.138. The number of nitrogens with one attached hydrogen (secondary N) is 1. The number of hydrogen-bond acceptors (Lipinski definition) is 5. The lowest BCUT2D eigenvalue weighted by molar-refractivity contribution is -0.140. The molecule has 8 nitrogen and oxygen atoms in total. The first-order valence-corrected chi connectivity index (χ1v) is 17.7. The highest BCUT2D eigenvalue weighted by Crippen LogP contribution is 2.31. The number of benzene rings is 4. The van der Waals surface area contributed by atoms with Crippen LogP contribution in [0.25, 0.3) is 0 Å². The van der Waals surface area contributed by atoms with Gasteiger partial charge < -0.3 is 15.0 Å². The average Bonchev–Trinajstić information content (AvgIpc) is 3.05. The maximum absolute atomic E-state index is 14.6. The molecule has 0 saturated heterocycles. The molecule has 0 aromatic heterocycles. The summed E-state index contributed by atoms with van der Waals surface area (Å²) in [5, 5.41) is 3.02. The van der Waals surface area contributed by atoms with Crippen LogP contribution in [-0.2, 0) is 32.6 Å². The molecule has 0 spiro atoms. The van der Waals surface area contributed by atoms with Crippen molar-refractivity contribution in [1.29, 1.82) is 0 Å². The van der Waals surface area contributed by atoms with Crippen molar-refractivity contribution in [3.8, 4) is 5.75 Å². The Hall–Kier alpha value is -4.15. The van der Waals surface area contributed by atoms with Gasteiger partial charge in [0, 0.05) is 19.5 Å². The second kappa shape index (κ2) is 16.1. The van der Waals surface area contributed by atoms with Crippen LogP contribution < -0.4 is 14.4 Å². The Balaban J connectivity index is 1.80. The van der Waals surface area contributed by atoms with E-state index < -0.39 is 28.5 Å². The zero-order chi connectivity index (χ0) is 34.1. The molecule has 4 aromatic rings. The number of aryl methyl sites for hydroxylation is 2. The van der Waals surface area contributed by atoms with E-state index in [1.807, 2.05) is 82.3 Å². The lowest BCUT2D eigenvalue weighted by Crippen LogP contribution is -2.53. The van der Waals surface area contributed by atoms with E-state index in [2.05, 4.69) is 21.2 Å². The molecule has 0 radical (unpaired) electrons. The summed E-state index contributed by atoms with van der Waals surface area (Å²) < 4.78 is 35.5. The number of halogens is 1. The minimum atomic E-state index is -4.25. The SMILES string of the molecule is COc1ccc(S(=O)(=O)N(CC(=O)N(Cc2ccc(C)cc2)[C@@H](Cc2ccccc2)C(=O)NCC(C)C)c2ccc(C)cc2)cc1Br. The van der Waals surface area contributed by atoms with Gasteiger partial charge in [0.25, 0.3) is 10.0 Å². The number of ether oxygens (including phenoxy) is 1. The first kappa shape index (κ1) is 35.7. The number of sulfonamides is 1. The Morgan fingerprint density at radius 2 is 1.47 bits per heavy atom. The Labute approximate surface area is 286 Å². The second-order valence-corrected chi connectivity index (χ2v) is 14.7. The second-order valence-electron chi connectivity index (χ2n) is 12.0. The smallest absolute Gasteiger partial charge is 0.264 e. The van der Waals surface area contributed by atoms with Crippen LogP contribution in [0.15, 0.2) is 106 Å². The van der Waals surface area contributed by atoms with Crippen LogP contribution in [0.5, 0.6) is 5.75 Å². The number of amides is 2. The molecule has 248 valence electrons. The largest absolute Gasteiger partial charge is 0.496 e. The molecule has 0 fully saturated rings. The molecule has 0 aliphatic heterocycles. The molecule has 0 unspecified atom stereocenters. The minimum absolute atomic E-state index is 0.0147. The Morgan fingerprint density at radius 1 is 0.851 bits per heavy atom. The summed E-state index contributed by atoms with van der Waals surface area (Å²) in [4.78, 5) is 30.0. The van der Waals surface area contributed by atoms with Gasteiger partial charge in [-0.1, -0.05) is 91.7 Å². The van der Waals surface area contributed by atoms with E-state index in [0.717, 1.165) is 26.6 Å². The van der Waals surface area contributed by atoms with E-state index in [4.69, 9.17) is 4.74 Å². The van der Waals surface area contributed by atoms with Gasteiger partial charge in [0.05, 0.1) is 22.2 Å². The van der Waals surface area contributed by atoms with Gasteiger partial charge in [0.1, 0.15) is 18.3 Å². The molecule has 1 atom stereocenters. The van der Waals surface area contributed by atoms with E-state index in [-0.39, 0.29) is 29.7 Å². The third-order valence-electron chi connectivity index (χ3n) is 7.74. The first-order valence-electron chi connectivity index (χ1n) is 15.5. The van der Waals surface area contributed by atoms with Gasteiger partial charge >= 0.3 is 0 Å². The van der Waals surface area contributed by atoms with Gasteiger partial charge in [-0.05, 0) is 77.2 Å². The fourth-order valence-corrected chi connectivity index (χ4v) is 7.17. The first-order chi connectivity index (χ1) is 22.4. The number of nitrogens with zero attached hydrogens (tertiary/aromatic N) is 2. The molecule has 47 heavy (non-hydrogen) atoms. The van der Waals surface area contributed by atoms with Gasteiger partial charge in [0.15, 0.2) is 0 Å².